The zero-order valence-electron chi connectivity index (χ0n) is 9.44. The van der Waals surface area contributed by atoms with Crippen LogP contribution >= 0.6 is 0 Å². The fraction of sp³-hybridized carbons (Fsp3) is 0.308. The van der Waals surface area contributed by atoms with Crippen LogP contribution in [-0.4, -0.2) is 11.1 Å². The van der Waals surface area contributed by atoms with Crippen molar-refractivity contribution in [2.24, 2.45) is 5.73 Å². The van der Waals surface area contributed by atoms with Crippen molar-refractivity contribution in [3.05, 3.63) is 46.2 Å². The summed E-state index contributed by atoms with van der Waals surface area (Å²) < 4.78 is 2.09. The van der Waals surface area contributed by atoms with Gasteiger partial charge in [-0.15, -0.1) is 0 Å². The first-order valence-electron chi connectivity index (χ1n) is 5.52. The summed E-state index contributed by atoms with van der Waals surface area (Å²) in [5, 5.41) is 0.783. The molecule has 2 N–H and O–H groups in total. The van der Waals surface area contributed by atoms with E-state index in [0.717, 1.165) is 23.9 Å². The summed E-state index contributed by atoms with van der Waals surface area (Å²) in [5.41, 5.74) is 7.75. The number of hydrogen-bond acceptors (Lipinski definition) is 2. The van der Waals surface area contributed by atoms with Crippen LogP contribution in [0.25, 0.3) is 10.9 Å². The molecule has 2 rings (SSSR count). The predicted molar refractivity (Wildman–Crippen MR) is 66.6 cm³/mol. The molecule has 0 fully saturated rings. The van der Waals surface area contributed by atoms with Gasteiger partial charge in [0.15, 0.2) is 5.43 Å². The maximum atomic E-state index is 11.7. The number of aromatic nitrogens is 1. The molecule has 0 aliphatic rings. The molecule has 1 aromatic heterocycles. The monoisotopic (exact) mass is 216 g/mol. The molecular weight excluding hydrogens is 200 g/mol. The molecule has 0 radical (unpaired) electrons. The first-order chi connectivity index (χ1) is 7.72. The van der Waals surface area contributed by atoms with E-state index in [1.165, 1.54) is 5.56 Å². The lowest BCUT2D eigenvalue weighted by Crippen LogP contribution is -2.10. The number of nitrogens with two attached hydrogens (primary N) is 1. The smallest absolute Gasteiger partial charge is 0.189 e. The normalized spacial score (nSPS) is 10.9. The third-order valence-corrected chi connectivity index (χ3v) is 2.74. The number of rotatable bonds is 3. The van der Waals surface area contributed by atoms with E-state index in [4.69, 9.17) is 5.73 Å². The molecule has 1 heterocycles. The SMILES string of the molecule is Cc1ccc2c(=O)ccn(CCCN)c2c1. The van der Waals surface area contributed by atoms with Gasteiger partial charge in [0, 0.05) is 24.2 Å². The first kappa shape index (κ1) is 10.9. The van der Waals surface area contributed by atoms with E-state index in [0.29, 0.717) is 6.54 Å². The molecule has 0 amide bonds. The maximum Gasteiger partial charge on any atom is 0.189 e. The van der Waals surface area contributed by atoms with Gasteiger partial charge in [0.1, 0.15) is 0 Å². The zero-order chi connectivity index (χ0) is 11.5. The highest BCUT2D eigenvalue weighted by atomic mass is 16.1. The van der Waals surface area contributed by atoms with Gasteiger partial charge in [-0.2, -0.15) is 0 Å². The number of fused-ring (bicyclic) bond motifs is 1. The van der Waals surface area contributed by atoms with Crippen molar-refractivity contribution in [3.63, 3.8) is 0 Å². The third kappa shape index (κ3) is 1.99. The minimum atomic E-state index is 0.0824. The topological polar surface area (TPSA) is 48.0 Å². The predicted octanol–water partition coefficient (Wildman–Crippen LogP) is 1.66. The number of benzene rings is 1. The Balaban J connectivity index is 2.61. The summed E-state index contributed by atoms with van der Waals surface area (Å²) in [7, 11) is 0. The van der Waals surface area contributed by atoms with Crippen LogP contribution in [0.5, 0.6) is 0 Å². The minimum Gasteiger partial charge on any atom is -0.347 e. The molecule has 0 unspecified atom stereocenters. The van der Waals surface area contributed by atoms with Gasteiger partial charge in [-0.05, 0) is 37.6 Å². The van der Waals surface area contributed by atoms with Crippen molar-refractivity contribution in [3.8, 4) is 0 Å². The third-order valence-electron chi connectivity index (χ3n) is 2.74. The second-order valence-electron chi connectivity index (χ2n) is 4.04. The Labute approximate surface area is 94.5 Å². The minimum absolute atomic E-state index is 0.0824. The lowest BCUT2D eigenvalue weighted by Gasteiger charge is -2.10. The van der Waals surface area contributed by atoms with E-state index in [1.807, 2.05) is 31.3 Å². The Bertz CT molecular complexity index is 557. The number of aryl methyl sites for hydroxylation is 2. The zero-order valence-corrected chi connectivity index (χ0v) is 9.44. The molecule has 3 heteroatoms. The van der Waals surface area contributed by atoms with Crippen LogP contribution in [0, 0.1) is 6.92 Å². The molecule has 1 aromatic carbocycles. The fourth-order valence-corrected chi connectivity index (χ4v) is 1.87. The molecule has 3 nitrogen and oxygen atoms in total. The Morgan fingerprint density at radius 2 is 2.12 bits per heavy atom. The van der Waals surface area contributed by atoms with Crippen molar-refractivity contribution in [1.29, 1.82) is 0 Å². The largest absolute Gasteiger partial charge is 0.347 e. The number of pyridine rings is 1. The van der Waals surface area contributed by atoms with Crippen LogP contribution in [0.4, 0.5) is 0 Å². The van der Waals surface area contributed by atoms with Crippen molar-refractivity contribution in [2.75, 3.05) is 6.54 Å². The Morgan fingerprint density at radius 3 is 2.88 bits per heavy atom. The average molecular weight is 216 g/mol. The van der Waals surface area contributed by atoms with Gasteiger partial charge in [0.25, 0.3) is 0 Å². The Hall–Kier alpha value is -1.61. The fourth-order valence-electron chi connectivity index (χ4n) is 1.87. The van der Waals surface area contributed by atoms with Crippen molar-refractivity contribution >= 4 is 10.9 Å². The molecule has 84 valence electrons. The van der Waals surface area contributed by atoms with Crippen LogP contribution in [0.3, 0.4) is 0 Å². The summed E-state index contributed by atoms with van der Waals surface area (Å²) in [6.45, 7) is 3.56. The van der Waals surface area contributed by atoms with Crippen molar-refractivity contribution in [2.45, 2.75) is 19.9 Å². The lowest BCUT2D eigenvalue weighted by atomic mass is 10.1. The van der Waals surface area contributed by atoms with Crippen LogP contribution in [-0.2, 0) is 6.54 Å². The van der Waals surface area contributed by atoms with Crippen molar-refractivity contribution in [1.82, 2.24) is 4.57 Å². The van der Waals surface area contributed by atoms with Crippen molar-refractivity contribution < 1.29 is 0 Å². The van der Waals surface area contributed by atoms with E-state index < -0.39 is 0 Å². The van der Waals surface area contributed by atoms with E-state index >= 15 is 0 Å². The lowest BCUT2D eigenvalue weighted by molar-refractivity contribution is 0.666. The van der Waals surface area contributed by atoms with Gasteiger partial charge in [0.05, 0.1) is 5.52 Å². The van der Waals surface area contributed by atoms with E-state index in [-0.39, 0.29) is 5.43 Å². The number of hydrogen-bond donors (Lipinski definition) is 1. The average Bonchev–Trinajstić information content (AvgIpc) is 2.28. The molecule has 16 heavy (non-hydrogen) atoms. The summed E-state index contributed by atoms with van der Waals surface area (Å²) >= 11 is 0. The van der Waals surface area contributed by atoms with Gasteiger partial charge in [-0.1, -0.05) is 6.07 Å². The molecule has 0 spiro atoms. The van der Waals surface area contributed by atoms with Gasteiger partial charge in [-0.25, -0.2) is 0 Å². The van der Waals surface area contributed by atoms with E-state index in [2.05, 4.69) is 4.57 Å². The van der Waals surface area contributed by atoms with Crippen LogP contribution in [0.2, 0.25) is 0 Å². The van der Waals surface area contributed by atoms with Crippen LogP contribution < -0.4 is 11.2 Å². The number of nitrogens with zero attached hydrogens (tertiary/aromatic N) is 1. The molecule has 0 saturated heterocycles. The summed E-state index contributed by atoms with van der Waals surface area (Å²) in [4.78, 5) is 11.7. The highest BCUT2D eigenvalue weighted by Crippen LogP contribution is 2.12. The maximum absolute atomic E-state index is 11.7. The van der Waals surface area contributed by atoms with Gasteiger partial charge < -0.3 is 10.3 Å². The summed E-state index contributed by atoms with van der Waals surface area (Å²) in [6, 6.07) is 7.53. The first-order valence-corrected chi connectivity index (χ1v) is 5.52. The Morgan fingerprint density at radius 1 is 1.31 bits per heavy atom. The summed E-state index contributed by atoms with van der Waals surface area (Å²) in [5.74, 6) is 0. The molecular formula is C13H16N2O. The highest BCUT2D eigenvalue weighted by Gasteiger charge is 2.02. The van der Waals surface area contributed by atoms with E-state index in [1.54, 1.807) is 6.07 Å². The quantitative estimate of drug-likeness (QED) is 0.848. The van der Waals surface area contributed by atoms with Gasteiger partial charge in [0.2, 0.25) is 0 Å². The second-order valence-corrected chi connectivity index (χ2v) is 4.04. The molecule has 0 aliphatic carbocycles. The molecule has 0 atom stereocenters. The molecule has 0 saturated carbocycles. The van der Waals surface area contributed by atoms with Gasteiger partial charge in [-0.3, -0.25) is 4.79 Å². The standard InChI is InChI=1S/C13H16N2O/c1-10-3-4-11-12(9-10)15(7-2-6-14)8-5-13(11)16/h3-5,8-9H,2,6-7,14H2,1H3. The molecule has 0 bridgehead atoms. The molecule has 0 aliphatic heterocycles. The van der Waals surface area contributed by atoms with Crippen LogP contribution in [0.1, 0.15) is 12.0 Å². The highest BCUT2D eigenvalue weighted by molar-refractivity contribution is 5.79. The second kappa shape index (κ2) is 4.49. The molecule has 2 aromatic rings. The Kier molecular flexibility index (Phi) is 3.06. The van der Waals surface area contributed by atoms with Gasteiger partial charge >= 0.3 is 0 Å². The van der Waals surface area contributed by atoms with E-state index in [9.17, 15) is 4.79 Å². The van der Waals surface area contributed by atoms with Crippen LogP contribution in [0.15, 0.2) is 35.3 Å². The summed E-state index contributed by atoms with van der Waals surface area (Å²) in [6.07, 6.45) is 2.77.